The summed E-state index contributed by atoms with van der Waals surface area (Å²) >= 11 is 1.75. The van der Waals surface area contributed by atoms with Crippen LogP contribution in [0.4, 0.5) is 17.1 Å². The van der Waals surface area contributed by atoms with Crippen molar-refractivity contribution >= 4 is 34.4 Å². The minimum atomic E-state index is 1.19. The molecule has 1 aliphatic heterocycles. The first-order valence-electron chi connectivity index (χ1n) is 7.67. The molecule has 3 aromatic rings. The van der Waals surface area contributed by atoms with Crippen LogP contribution < -0.4 is 4.90 Å². The quantitative estimate of drug-likeness (QED) is 0.432. The third kappa shape index (κ3) is 2.36. The van der Waals surface area contributed by atoms with Crippen LogP contribution in [0.1, 0.15) is 11.1 Å². The van der Waals surface area contributed by atoms with E-state index in [2.05, 4.69) is 95.4 Å². The van der Waals surface area contributed by atoms with Crippen LogP contribution in [0.3, 0.4) is 0 Å². The molecule has 1 aliphatic rings. The van der Waals surface area contributed by atoms with Crippen LogP contribution in [-0.2, 0) is 0 Å². The van der Waals surface area contributed by atoms with Crippen LogP contribution in [-0.4, -0.2) is 6.26 Å². The van der Waals surface area contributed by atoms with Gasteiger partial charge in [-0.15, -0.1) is 11.8 Å². The Morgan fingerprint density at radius 2 is 1.22 bits per heavy atom. The van der Waals surface area contributed by atoms with Gasteiger partial charge >= 0.3 is 0 Å². The molecular weight excluding hydrogens is 298 g/mol. The molecule has 0 fully saturated rings. The lowest BCUT2D eigenvalue weighted by atomic mass is 9.91. The SMILES string of the molecule is CSC=C1c2ccccc2N(c2ccccc2)c2ccccc21. The van der Waals surface area contributed by atoms with E-state index in [1.165, 1.54) is 33.8 Å². The smallest absolute Gasteiger partial charge is 0.0540 e. The van der Waals surface area contributed by atoms with E-state index in [0.29, 0.717) is 0 Å². The number of nitrogens with zero attached hydrogens (tertiary/aromatic N) is 1. The van der Waals surface area contributed by atoms with E-state index in [0.717, 1.165) is 0 Å². The number of thioether (sulfide) groups is 1. The van der Waals surface area contributed by atoms with Crippen LogP contribution in [0.15, 0.2) is 84.3 Å². The van der Waals surface area contributed by atoms with Crippen molar-refractivity contribution in [3.05, 3.63) is 95.4 Å². The second-order valence-corrected chi connectivity index (χ2v) is 6.18. The number of anilines is 3. The highest BCUT2D eigenvalue weighted by Gasteiger charge is 2.26. The number of hydrogen-bond acceptors (Lipinski definition) is 2. The molecule has 0 aliphatic carbocycles. The molecular formula is C21H17NS. The molecule has 0 N–H and O–H groups in total. The highest BCUT2D eigenvalue weighted by atomic mass is 32.2. The lowest BCUT2D eigenvalue weighted by molar-refractivity contribution is 1.24. The van der Waals surface area contributed by atoms with Crippen molar-refractivity contribution in [2.24, 2.45) is 0 Å². The fraction of sp³-hybridized carbons (Fsp3) is 0.0476. The first-order valence-corrected chi connectivity index (χ1v) is 8.96. The fourth-order valence-electron chi connectivity index (χ4n) is 3.17. The monoisotopic (exact) mass is 315 g/mol. The molecule has 0 bridgehead atoms. The van der Waals surface area contributed by atoms with E-state index in [-0.39, 0.29) is 0 Å². The van der Waals surface area contributed by atoms with Gasteiger partial charge in [0.05, 0.1) is 11.4 Å². The number of para-hydroxylation sites is 3. The molecule has 0 amide bonds. The summed E-state index contributed by atoms with van der Waals surface area (Å²) in [6, 6.07) is 27.8. The topological polar surface area (TPSA) is 3.24 Å². The molecule has 0 saturated carbocycles. The van der Waals surface area contributed by atoms with Crippen LogP contribution >= 0.6 is 11.8 Å². The van der Waals surface area contributed by atoms with Crippen molar-refractivity contribution in [3.63, 3.8) is 0 Å². The van der Waals surface area contributed by atoms with Gasteiger partial charge in [-0.2, -0.15) is 0 Å². The highest BCUT2D eigenvalue weighted by Crippen LogP contribution is 2.48. The predicted octanol–water partition coefficient (Wildman–Crippen LogP) is 6.22. The molecule has 0 atom stereocenters. The molecule has 0 aromatic heterocycles. The van der Waals surface area contributed by atoms with Crippen LogP contribution in [0.5, 0.6) is 0 Å². The Bertz CT molecular complexity index is 818. The Kier molecular flexibility index (Phi) is 3.68. The van der Waals surface area contributed by atoms with Gasteiger partial charge in [0.15, 0.2) is 0 Å². The van der Waals surface area contributed by atoms with Crippen molar-refractivity contribution in [3.8, 4) is 0 Å². The summed E-state index contributed by atoms with van der Waals surface area (Å²) in [7, 11) is 0. The lowest BCUT2D eigenvalue weighted by Gasteiger charge is -2.34. The van der Waals surface area contributed by atoms with E-state index >= 15 is 0 Å². The average molecular weight is 315 g/mol. The summed E-state index contributed by atoms with van der Waals surface area (Å²) in [5.41, 5.74) is 7.52. The van der Waals surface area contributed by atoms with Gasteiger partial charge in [0.2, 0.25) is 0 Å². The van der Waals surface area contributed by atoms with Crippen molar-refractivity contribution in [1.82, 2.24) is 0 Å². The van der Waals surface area contributed by atoms with E-state index in [1.807, 2.05) is 0 Å². The normalized spacial score (nSPS) is 12.6. The van der Waals surface area contributed by atoms with E-state index in [4.69, 9.17) is 0 Å². The van der Waals surface area contributed by atoms with Gasteiger partial charge < -0.3 is 4.90 Å². The van der Waals surface area contributed by atoms with Crippen LogP contribution in [0.25, 0.3) is 5.57 Å². The highest BCUT2D eigenvalue weighted by molar-refractivity contribution is 8.01. The van der Waals surface area contributed by atoms with Gasteiger partial charge in [0.25, 0.3) is 0 Å². The summed E-state index contributed by atoms with van der Waals surface area (Å²) in [6.45, 7) is 0. The predicted molar refractivity (Wildman–Crippen MR) is 102 cm³/mol. The summed E-state index contributed by atoms with van der Waals surface area (Å²) in [5.74, 6) is 0. The first-order chi connectivity index (χ1) is 11.4. The summed E-state index contributed by atoms with van der Waals surface area (Å²) in [4.78, 5) is 2.35. The van der Waals surface area contributed by atoms with Gasteiger partial charge in [-0.3, -0.25) is 0 Å². The maximum Gasteiger partial charge on any atom is 0.0540 e. The second-order valence-electron chi connectivity index (χ2n) is 5.47. The third-order valence-corrected chi connectivity index (χ3v) is 4.59. The maximum absolute atomic E-state index is 2.35. The molecule has 0 saturated heterocycles. The van der Waals surface area contributed by atoms with Gasteiger partial charge in [0, 0.05) is 16.8 Å². The van der Waals surface area contributed by atoms with Crippen molar-refractivity contribution < 1.29 is 0 Å². The molecule has 2 heteroatoms. The van der Waals surface area contributed by atoms with Gasteiger partial charge in [-0.1, -0.05) is 54.6 Å². The molecule has 1 heterocycles. The number of hydrogen-bond donors (Lipinski definition) is 0. The zero-order chi connectivity index (χ0) is 15.6. The molecule has 3 aromatic carbocycles. The van der Waals surface area contributed by atoms with Gasteiger partial charge in [-0.05, 0) is 41.5 Å². The molecule has 0 unspecified atom stereocenters. The van der Waals surface area contributed by atoms with E-state index in [9.17, 15) is 0 Å². The minimum Gasteiger partial charge on any atom is -0.309 e. The van der Waals surface area contributed by atoms with Crippen LogP contribution in [0.2, 0.25) is 0 Å². The molecule has 0 spiro atoms. The Balaban J connectivity index is 2.03. The Morgan fingerprint density at radius 1 is 0.696 bits per heavy atom. The van der Waals surface area contributed by atoms with Crippen molar-refractivity contribution in [2.45, 2.75) is 0 Å². The number of rotatable bonds is 2. The lowest BCUT2D eigenvalue weighted by Crippen LogP contribution is -2.17. The molecule has 1 nitrogen and oxygen atoms in total. The van der Waals surface area contributed by atoms with Crippen molar-refractivity contribution in [2.75, 3.05) is 11.2 Å². The molecule has 4 rings (SSSR count). The zero-order valence-electron chi connectivity index (χ0n) is 12.9. The second kappa shape index (κ2) is 5.98. The van der Waals surface area contributed by atoms with Crippen molar-refractivity contribution in [1.29, 1.82) is 0 Å². The zero-order valence-corrected chi connectivity index (χ0v) is 13.8. The summed E-state index contributed by atoms with van der Waals surface area (Å²) in [6.07, 6.45) is 2.11. The standard InChI is InChI=1S/C21H17NS/c1-23-15-19-17-11-5-7-13-20(17)22(16-9-3-2-4-10-16)21-14-8-6-12-18(19)21/h2-15H,1H3. The Hall–Kier alpha value is -2.45. The Labute approximate surface area is 141 Å². The Morgan fingerprint density at radius 3 is 1.78 bits per heavy atom. The van der Waals surface area contributed by atoms with Gasteiger partial charge in [-0.25, -0.2) is 0 Å². The average Bonchev–Trinajstić information content (AvgIpc) is 2.62. The molecule has 23 heavy (non-hydrogen) atoms. The fourth-order valence-corrected chi connectivity index (χ4v) is 3.66. The number of benzene rings is 3. The van der Waals surface area contributed by atoms with E-state index in [1.54, 1.807) is 11.8 Å². The summed E-state index contributed by atoms with van der Waals surface area (Å²) < 4.78 is 0. The molecule has 0 radical (unpaired) electrons. The minimum absolute atomic E-state index is 1.19. The van der Waals surface area contributed by atoms with Crippen LogP contribution in [0, 0.1) is 0 Å². The molecule has 112 valence electrons. The maximum atomic E-state index is 2.35. The van der Waals surface area contributed by atoms with E-state index < -0.39 is 0 Å². The third-order valence-electron chi connectivity index (χ3n) is 4.12. The number of fused-ring (bicyclic) bond motifs is 2. The van der Waals surface area contributed by atoms with Gasteiger partial charge in [0.1, 0.15) is 0 Å². The largest absolute Gasteiger partial charge is 0.309 e. The summed E-state index contributed by atoms with van der Waals surface area (Å²) in [5, 5.41) is 2.25. The first kappa shape index (κ1) is 14.2.